The lowest BCUT2D eigenvalue weighted by molar-refractivity contribution is -0.153. The SMILES string of the molecule is CC(C)(C)OC(=O)Cc1c(Cl)cccc1Cl. The molecule has 0 saturated carbocycles. The van der Waals surface area contributed by atoms with Gasteiger partial charge in [0.25, 0.3) is 0 Å². The van der Waals surface area contributed by atoms with E-state index in [0.717, 1.165) is 0 Å². The molecule has 1 aromatic rings. The zero-order chi connectivity index (χ0) is 12.3. The number of ether oxygens (including phenoxy) is 1. The third-order valence-electron chi connectivity index (χ3n) is 1.80. The maximum atomic E-state index is 11.6. The molecule has 88 valence electrons. The zero-order valence-corrected chi connectivity index (χ0v) is 11.0. The molecule has 2 nitrogen and oxygen atoms in total. The second-order valence-corrected chi connectivity index (χ2v) is 5.28. The smallest absolute Gasteiger partial charge is 0.310 e. The standard InChI is InChI=1S/C12H14Cl2O2/c1-12(2,3)16-11(15)7-8-9(13)5-4-6-10(8)14/h4-6H,7H2,1-3H3. The Labute approximate surface area is 106 Å². The molecular formula is C12H14Cl2O2. The van der Waals surface area contributed by atoms with E-state index in [2.05, 4.69) is 0 Å². The Balaban J connectivity index is 2.78. The fraction of sp³-hybridized carbons (Fsp3) is 0.417. The van der Waals surface area contributed by atoms with Crippen LogP contribution in [0.4, 0.5) is 0 Å². The molecule has 0 heterocycles. The molecule has 0 fully saturated rings. The molecule has 1 aromatic carbocycles. The highest BCUT2D eigenvalue weighted by Gasteiger charge is 2.18. The van der Waals surface area contributed by atoms with Crippen LogP contribution in [-0.4, -0.2) is 11.6 Å². The van der Waals surface area contributed by atoms with Gasteiger partial charge in [0.05, 0.1) is 6.42 Å². The summed E-state index contributed by atoms with van der Waals surface area (Å²) in [4.78, 5) is 11.6. The molecule has 0 N–H and O–H groups in total. The van der Waals surface area contributed by atoms with Gasteiger partial charge in [0, 0.05) is 15.6 Å². The molecule has 1 rings (SSSR count). The van der Waals surface area contributed by atoms with Gasteiger partial charge in [-0.2, -0.15) is 0 Å². The zero-order valence-electron chi connectivity index (χ0n) is 9.51. The highest BCUT2D eigenvalue weighted by atomic mass is 35.5. The maximum Gasteiger partial charge on any atom is 0.310 e. The fourth-order valence-corrected chi connectivity index (χ4v) is 1.75. The monoisotopic (exact) mass is 260 g/mol. The van der Waals surface area contributed by atoms with Gasteiger partial charge in [-0.3, -0.25) is 4.79 Å². The maximum absolute atomic E-state index is 11.6. The minimum Gasteiger partial charge on any atom is -0.460 e. The van der Waals surface area contributed by atoms with Crippen molar-refractivity contribution in [2.45, 2.75) is 32.8 Å². The Hall–Kier alpha value is -0.730. The van der Waals surface area contributed by atoms with Gasteiger partial charge in [-0.15, -0.1) is 0 Å². The van der Waals surface area contributed by atoms with Gasteiger partial charge in [-0.25, -0.2) is 0 Å². The van der Waals surface area contributed by atoms with Crippen molar-refractivity contribution in [3.05, 3.63) is 33.8 Å². The summed E-state index contributed by atoms with van der Waals surface area (Å²) in [5.74, 6) is -0.331. The molecule has 0 atom stereocenters. The predicted molar refractivity (Wildman–Crippen MR) is 66.0 cm³/mol. The minimum atomic E-state index is -0.495. The van der Waals surface area contributed by atoms with Crippen LogP contribution in [0.1, 0.15) is 26.3 Å². The fourth-order valence-electron chi connectivity index (χ4n) is 1.22. The lowest BCUT2D eigenvalue weighted by Crippen LogP contribution is -2.25. The summed E-state index contributed by atoms with van der Waals surface area (Å²) in [6.07, 6.45) is 0.0930. The molecule has 4 heteroatoms. The van der Waals surface area contributed by atoms with Gasteiger partial charge in [0.1, 0.15) is 5.60 Å². The van der Waals surface area contributed by atoms with E-state index >= 15 is 0 Å². The minimum absolute atomic E-state index is 0.0930. The normalized spacial score (nSPS) is 11.3. The molecule has 0 spiro atoms. The van der Waals surface area contributed by atoms with E-state index < -0.39 is 5.60 Å². The Bertz CT molecular complexity index is 374. The first-order valence-electron chi connectivity index (χ1n) is 4.94. The van der Waals surface area contributed by atoms with E-state index in [4.69, 9.17) is 27.9 Å². The van der Waals surface area contributed by atoms with Gasteiger partial charge < -0.3 is 4.74 Å². The molecule has 0 radical (unpaired) electrons. The van der Waals surface area contributed by atoms with Crippen LogP contribution in [-0.2, 0) is 16.0 Å². The molecule has 0 amide bonds. The average molecular weight is 261 g/mol. The van der Waals surface area contributed by atoms with E-state index in [-0.39, 0.29) is 12.4 Å². The van der Waals surface area contributed by atoms with Crippen molar-refractivity contribution in [2.75, 3.05) is 0 Å². The van der Waals surface area contributed by atoms with Crippen LogP contribution in [0.25, 0.3) is 0 Å². The predicted octanol–water partition coefficient (Wildman–Crippen LogP) is 3.88. The van der Waals surface area contributed by atoms with Crippen molar-refractivity contribution >= 4 is 29.2 Å². The second kappa shape index (κ2) is 5.07. The largest absolute Gasteiger partial charge is 0.460 e. The van der Waals surface area contributed by atoms with Crippen molar-refractivity contribution in [3.8, 4) is 0 Å². The van der Waals surface area contributed by atoms with Gasteiger partial charge in [0.15, 0.2) is 0 Å². The number of carbonyl (C=O) groups excluding carboxylic acids is 1. The van der Waals surface area contributed by atoms with Crippen LogP contribution >= 0.6 is 23.2 Å². The van der Waals surface area contributed by atoms with Crippen LogP contribution in [0.15, 0.2) is 18.2 Å². The summed E-state index contributed by atoms with van der Waals surface area (Å²) in [6.45, 7) is 5.46. The van der Waals surface area contributed by atoms with Gasteiger partial charge in [-0.05, 0) is 32.9 Å². The van der Waals surface area contributed by atoms with E-state index in [1.807, 2.05) is 20.8 Å². The number of rotatable bonds is 2. The third-order valence-corrected chi connectivity index (χ3v) is 2.51. The molecule has 0 saturated heterocycles. The van der Waals surface area contributed by atoms with Crippen molar-refractivity contribution in [1.29, 1.82) is 0 Å². The first-order valence-corrected chi connectivity index (χ1v) is 5.70. The number of hydrogen-bond acceptors (Lipinski definition) is 2. The highest BCUT2D eigenvalue weighted by Crippen LogP contribution is 2.25. The Morgan fingerprint density at radius 2 is 1.75 bits per heavy atom. The summed E-state index contributed by atoms with van der Waals surface area (Å²) in [7, 11) is 0. The second-order valence-electron chi connectivity index (χ2n) is 4.46. The summed E-state index contributed by atoms with van der Waals surface area (Å²) in [5, 5.41) is 0.969. The summed E-state index contributed by atoms with van der Waals surface area (Å²) in [5.41, 5.74) is 0.116. The Morgan fingerprint density at radius 3 is 2.19 bits per heavy atom. The van der Waals surface area contributed by atoms with Crippen LogP contribution in [0, 0.1) is 0 Å². The summed E-state index contributed by atoms with van der Waals surface area (Å²) in [6, 6.07) is 5.14. The van der Waals surface area contributed by atoms with Crippen molar-refractivity contribution < 1.29 is 9.53 Å². The lowest BCUT2D eigenvalue weighted by Gasteiger charge is -2.19. The topological polar surface area (TPSA) is 26.3 Å². The highest BCUT2D eigenvalue weighted by molar-refractivity contribution is 6.36. The van der Waals surface area contributed by atoms with E-state index in [1.54, 1.807) is 18.2 Å². The number of hydrogen-bond donors (Lipinski definition) is 0. The van der Waals surface area contributed by atoms with E-state index in [0.29, 0.717) is 15.6 Å². The van der Waals surface area contributed by atoms with Gasteiger partial charge in [-0.1, -0.05) is 29.3 Å². The molecule has 0 aliphatic rings. The molecular weight excluding hydrogens is 247 g/mol. The third kappa shape index (κ3) is 4.03. The number of halogens is 2. The van der Waals surface area contributed by atoms with Crippen LogP contribution in [0.5, 0.6) is 0 Å². The lowest BCUT2D eigenvalue weighted by atomic mass is 10.1. The van der Waals surface area contributed by atoms with Crippen LogP contribution < -0.4 is 0 Å². The quantitative estimate of drug-likeness (QED) is 0.755. The molecule has 0 unspecified atom stereocenters. The first kappa shape index (κ1) is 13.3. The van der Waals surface area contributed by atoms with Crippen molar-refractivity contribution in [2.24, 2.45) is 0 Å². The molecule has 0 aliphatic carbocycles. The summed E-state index contributed by atoms with van der Waals surface area (Å²) >= 11 is 11.9. The first-order chi connectivity index (χ1) is 7.29. The number of esters is 1. The van der Waals surface area contributed by atoms with Crippen molar-refractivity contribution in [1.82, 2.24) is 0 Å². The van der Waals surface area contributed by atoms with Crippen molar-refractivity contribution in [3.63, 3.8) is 0 Å². The van der Waals surface area contributed by atoms with E-state index in [9.17, 15) is 4.79 Å². The van der Waals surface area contributed by atoms with Crippen LogP contribution in [0.2, 0.25) is 10.0 Å². The number of carbonyl (C=O) groups is 1. The summed E-state index contributed by atoms with van der Waals surface area (Å²) < 4.78 is 5.20. The van der Waals surface area contributed by atoms with Gasteiger partial charge >= 0.3 is 5.97 Å². The average Bonchev–Trinajstić information content (AvgIpc) is 2.08. The molecule has 0 bridgehead atoms. The molecule has 0 aromatic heterocycles. The van der Waals surface area contributed by atoms with Crippen LogP contribution in [0.3, 0.4) is 0 Å². The molecule has 0 aliphatic heterocycles. The Kier molecular flexibility index (Phi) is 4.22. The van der Waals surface area contributed by atoms with Gasteiger partial charge in [0.2, 0.25) is 0 Å². The molecule has 16 heavy (non-hydrogen) atoms. The Morgan fingerprint density at radius 1 is 1.25 bits per heavy atom. The van der Waals surface area contributed by atoms with E-state index in [1.165, 1.54) is 0 Å². The number of benzene rings is 1.